The molecule has 4 rings (SSSR count). The smallest absolute Gasteiger partial charge is 0.248 e. The number of sulfone groups is 1. The van der Waals surface area contributed by atoms with Crippen LogP contribution in [0.3, 0.4) is 0 Å². The topological polar surface area (TPSA) is 98.5 Å². The summed E-state index contributed by atoms with van der Waals surface area (Å²) in [5, 5.41) is 2.80. The molecule has 0 saturated carbocycles. The van der Waals surface area contributed by atoms with Crippen molar-refractivity contribution in [3.8, 4) is 5.75 Å². The van der Waals surface area contributed by atoms with Gasteiger partial charge in [-0.2, -0.15) is 0 Å². The number of fused-ring (bicyclic) bond motifs is 3. The number of hydrogen-bond acceptors (Lipinski definition) is 5. The van der Waals surface area contributed by atoms with Crippen LogP contribution in [-0.2, 0) is 21.7 Å². The Balaban J connectivity index is 1.78. The van der Waals surface area contributed by atoms with Crippen molar-refractivity contribution >= 4 is 21.4 Å². The maximum Gasteiger partial charge on any atom is 0.248 e. The number of hydrogen-bond donors (Lipinski definition) is 2. The van der Waals surface area contributed by atoms with Crippen molar-refractivity contribution in [3.63, 3.8) is 0 Å². The summed E-state index contributed by atoms with van der Waals surface area (Å²) in [5.41, 5.74) is 7.44. The van der Waals surface area contributed by atoms with E-state index in [4.69, 9.17) is 10.5 Å². The minimum absolute atomic E-state index is 0.0501. The SMILES string of the molecule is C=C[C@@H](C)C(C)(C)CS(=O)(=O)C1CCc2ccccc2C12CNc1cc(C(N)=O)ccc1OC2. The van der Waals surface area contributed by atoms with Crippen LogP contribution in [0.5, 0.6) is 5.75 Å². The van der Waals surface area contributed by atoms with Gasteiger partial charge in [-0.25, -0.2) is 8.42 Å². The number of carbonyl (C=O) groups is 1. The summed E-state index contributed by atoms with van der Waals surface area (Å²) in [5.74, 6) is 0.182. The molecular weight excluding hydrogens is 448 g/mol. The highest BCUT2D eigenvalue weighted by atomic mass is 32.2. The number of amides is 1. The van der Waals surface area contributed by atoms with Gasteiger partial charge in [0.1, 0.15) is 12.4 Å². The molecule has 2 aromatic rings. The maximum atomic E-state index is 14.1. The Morgan fingerprint density at radius 3 is 2.76 bits per heavy atom. The molecule has 1 spiro atoms. The second kappa shape index (κ2) is 8.77. The van der Waals surface area contributed by atoms with Crippen LogP contribution in [0.1, 0.15) is 48.7 Å². The van der Waals surface area contributed by atoms with E-state index < -0.39 is 31.8 Å². The largest absolute Gasteiger partial charge is 0.490 e. The lowest BCUT2D eigenvalue weighted by molar-refractivity contribution is 0.1000. The normalized spacial score (nSPS) is 23.0. The molecule has 1 aliphatic heterocycles. The molecule has 0 aromatic heterocycles. The van der Waals surface area contributed by atoms with Gasteiger partial charge in [0, 0.05) is 12.1 Å². The van der Waals surface area contributed by atoms with Crippen LogP contribution in [-0.4, -0.2) is 38.5 Å². The molecule has 2 aliphatic rings. The molecule has 3 N–H and O–H groups in total. The number of rotatable bonds is 6. The molecule has 3 atom stereocenters. The Labute approximate surface area is 202 Å². The molecule has 34 heavy (non-hydrogen) atoms. The molecular formula is C27H34N2O4S. The quantitative estimate of drug-likeness (QED) is 0.604. The summed E-state index contributed by atoms with van der Waals surface area (Å²) in [6.45, 7) is 10.5. The van der Waals surface area contributed by atoms with Crippen LogP contribution in [0.2, 0.25) is 0 Å². The van der Waals surface area contributed by atoms with Crippen molar-refractivity contribution in [2.24, 2.45) is 17.1 Å². The fourth-order valence-corrected chi connectivity index (χ4v) is 8.33. The first-order valence-corrected chi connectivity index (χ1v) is 13.4. The average molecular weight is 483 g/mol. The van der Waals surface area contributed by atoms with Gasteiger partial charge in [0.25, 0.3) is 0 Å². The summed E-state index contributed by atoms with van der Waals surface area (Å²) >= 11 is 0. The van der Waals surface area contributed by atoms with Crippen LogP contribution in [0.15, 0.2) is 55.1 Å². The van der Waals surface area contributed by atoms with Crippen molar-refractivity contribution in [3.05, 3.63) is 71.8 Å². The number of aryl methyl sites for hydroxylation is 1. The molecule has 1 heterocycles. The lowest BCUT2D eigenvalue weighted by Gasteiger charge is -2.45. The van der Waals surface area contributed by atoms with Gasteiger partial charge in [0.2, 0.25) is 5.91 Å². The van der Waals surface area contributed by atoms with Gasteiger partial charge < -0.3 is 15.8 Å². The van der Waals surface area contributed by atoms with Gasteiger partial charge in [0.15, 0.2) is 9.84 Å². The van der Waals surface area contributed by atoms with Crippen molar-refractivity contribution in [2.75, 3.05) is 24.2 Å². The van der Waals surface area contributed by atoms with Crippen LogP contribution >= 0.6 is 0 Å². The first kappa shape index (κ1) is 24.3. The molecule has 7 heteroatoms. The van der Waals surface area contributed by atoms with Gasteiger partial charge in [-0.15, -0.1) is 6.58 Å². The van der Waals surface area contributed by atoms with Gasteiger partial charge in [-0.05, 0) is 53.5 Å². The first-order valence-electron chi connectivity index (χ1n) is 11.7. The minimum atomic E-state index is -3.51. The lowest BCUT2D eigenvalue weighted by Crippen LogP contribution is -2.56. The molecule has 2 aromatic carbocycles. The summed E-state index contributed by atoms with van der Waals surface area (Å²) < 4.78 is 34.4. The number of nitrogens with two attached hydrogens (primary N) is 1. The van der Waals surface area contributed by atoms with Gasteiger partial charge >= 0.3 is 0 Å². The second-order valence-corrected chi connectivity index (χ2v) is 12.6. The van der Waals surface area contributed by atoms with Crippen molar-refractivity contribution in [2.45, 2.75) is 44.3 Å². The number of anilines is 1. The molecule has 0 radical (unpaired) electrons. The fourth-order valence-electron chi connectivity index (χ4n) is 5.39. The predicted octanol–water partition coefficient (Wildman–Crippen LogP) is 4.11. The Morgan fingerprint density at radius 2 is 2.06 bits per heavy atom. The van der Waals surface area contributed by atoms with Crippen LogP contribution < -0.4 is 15.8 Å². The van der Waals surface area contributed by atoms with Crippen molar-refractivity contribution in [1.29, 1.82) is 0 Å². The Bertz CT molecular complexity index is 1220. The number of nitrogens with one attached hydrogen (secondary N) is 1. The molecule has 2 unspecified atom stereocenters. The standard InChI is InChI=1S/C27H34N2O4S/c1-5-18(2)26(3,4)17-34(31,32)24-13-11-19-8-6-7-9-21(19)27(24)15-29-22-14-20(25(28)30)10-12-23(22)33-16-27/h5-10,12,14,18,24,29H,1,11,13,15-17H2,2-4H3,(H2,28,30)/t18-,24?,27?/m1/s1. The van der Waals surface area contributed by atoms with E-state index in [1.54, 1.807) is 18.2 Å². The number of allylic oxidation sites excluding steroid dienone is 1. The highest BCUT2D eigenvalue weighted by Crippen LogP contribution is 2.46. The molecule has 182 valence electrons. The molecule has 0 fully saturated rings. The third kappa shape index (κ3) is 4.22. The van der Waals surface area contributed by atoms with Crippen LogP contribution in [0, 0.1) is 11.3 Å². The Hall–Kier alpha value is -2.80. The van der Waals surface area contributed by atoms with Crippen LogP contribution in [0.25, 0.3) is 0 Å². The highest BCUT2D eigenvalue weighted by Gasteiger charge is 2.52. The van der Waals surface area contributed by atoms with E-state index in [1.807, 2.05) is 45.0 Å². The average Bonchev–Trinajstić information content (AvgIpc) is 2.98. The molecule has 1 amide bonds. The molecule has 1 aliphatic carbocycles. The third-order valence-electron chi connectivity index (χ3n) is 7.78. The number of ether oxygens (including phenoxy) is 1. The van der Waals surface area contributed by atoms with E-state index in [-0.39, 0.29) is 18.3 Å². The number of primary amides is 1. The highest BCUT2D eigenvalue weighted by molar-refractivity contribution is 7.92. The van der Waals surface area contributed by atoms with E-state index in [9.17, 15) is 13.2 Å². The minimum Gasteiger partial charge on any atom is -0.490 e. The van der Waals surface area contributed by atoms with E-state index >= 15 is 0 Å². The van der Waals surface area contributed by atoms with E-state index in [0.29, 0.717) is 36.4 Å². The van der Waals surface area contributed by atoms with E-state index in [2.05, 4.69) is 18.0 Å². The lowest BCUT2D eigenvalue weighted by atomic mass is 9.70. The van der Waals surface area contributed by atoms with Crippen molar-refractivity contribution in [1.82, 2.24) is 0 Å². The number of benzene rings is 2. The summed E-state index contributed by atoms with van der Waals surface area (Å²) in [4.78, 5) is 11.7. The maximum absolute atomic E-state index is 14.1. The zero-order valence-corrected chi connectivity index (χ0v) is 21.0. The van der Waals surface area contributed by atoms with Crippen molar-refractivity contribution < 1.29 is 17.9 Å². The second-order valence-electron chi connectivity index (χ2n) is 10.4. The summed E-state index contributed by atoms with van der Waals surface area (Å²) in [6.07, 6.45) is 3.06. The Kier molecular flexibility index (Phi) is 6.27. The fraction of sp³-hybridized carbons (Fsp3) is 0.444. The van der Waals surface area contributed by atoms with Gasteiger partial charge in [0.05, 0.1) is 22.1 Å². The predicted molar refractivity (Wildman–Crippen MR) is 136 cm³/mol. The molecule has 0 saturated heterocycles. The zero-order valence-electron chi connectivity index (χ0n) is 20.1. The Morgan fingerprint density at radius 1 is 1.32 bits per heavy atom. The third-order valence-corrected chi connectivity index (χ3v) is 10.5. The van der Waals surface area contributed by atoms with Crippen LogP contribution in [0.4, 0.5) is 5.69 Å². The first-order chi connectivity index (χ1) is 16.0. The molecule has 0 bridgehead atoms. The number of carbonyl (C=O) groups excluding carboxylic acids is 1. The van der Waals surface area contributed by atoms with Gasteiger partial charge in [-0.1, -0.05) is 51.1 Å². The monoisotopic (exact) mass is 482 g/mol. The van der Waals surface area contributed by atoms with Gasteiger partial charge in [-0.3, -0.25) is 4.79 Å². The summed E-state index contributed by atoms with van der Waals surface area (Å²) in [7, 11) is -3.51. The summed E-state index contributed by atoms with van der Waals surface area (Å²) in [6, 6.07) is 13.1. The van der Waals surface area contributed by atoms with E-state index in [1.165, 1.54) is 0 Å². The molecule has 6 nitrogen and oxygen atoms in total. The zero-order chi connectivity index (χ0) is 24.7. The van der Waals surface area contributed by atoms with E-state index in [0.717, 1.165) is 11.1 Å².